The van der Waals surface area contributed by atoms with Crippen molar-refractivity contribution in [1.29, 1.82) is 4.78 Å². The van der Waals surface area contributed by atoms with Gasteiger partial charge in [0.2, 0.25) is 5.16 Å². The second-order valence-electron chi connectivity index (χ2n) is 8.52. The van der Waals surface area contributed by atoms with Gasteiger partial charge in [0, 0.05) is 25.0 Å². The highest BCUT2D eigenvalue weighted by molar-refractivity contribution is 7.92. The first-order chi connectivity index (χ1) is 17.7. The molecule has 0 bridgehead atoms. The van der Waals surface area contributed by atoms with Gasteiger partial charge in [-0.2, -0.15) is 9.97 Å². The van der Waals surface area contributed by atoms with Gasteiger partial charge in [0.05, 0.1) is 6.54 Å². The summed E-state index contributed by atoms with van der Waals surface area (Å²) in [5.41, 5.74) is 0.670. The lowest BCUT2D eigenvalue weighted by molar-refractivity contribution is 0.210. The number of fused-ring (bicyclic) bond motifs is 1. The fraction of sp³-hybridized carbons (Fsp3) is 0.280. The Bertz CT molecular complexity index is 1600. The molecule has 194 valence electrons. The highest BCUT2D eigenvalue weighted by atomic mass is 32.2. The van der Waals surface area contributed by atoms with Gasteiger partial charge in [-0.1, -0.05) is 44.2 Å². The van der Waals surface area contributed by atoms with Crippen molar-refractivity contribution >= 4 is 38.4 Å². The molecule has 2 heterocycles. The van der Waals surface area contributed by atoms with E-state index >= 15 is 0 Å². The molecule has 4 aromatic rings. The van der Waals surface area contributed by atoms with Gasteiger partial charge in [-0.25, -0.2) is 27.5 Å². The minimum Gasteiger partial charge on any atom is -0.338 e. The Kier molecular flexibility index (Phi) is 7.39. The van der Waals surface area contributed by atoms with E-state index in [-0.39, 0.29) is 34.4 Å². The predicted octanol–water partition coefficient (Wildman–Crippen LogP) is 4.26. The van der Waals surface area contributed by atoms with Crippen molar-refractivity contribution in [2.75, 3.05) is 24.7 Å². The van der Waals surface area contributed by atoms with Crippen LogP contribution in [-0.2, 0) is 16.3 Å². The molecular formula is C25H28FN7O3S. The number of para-hydroxylation sites is 1. The molecule has 0 unspecified atom stereocenters. The van der Waals surface area contributed by atoms with E-state index in [1.165, 1.54) is 33.7 Å². The number of halogens is 1. The van der Waals surface area contributed by atoms with Crippen LogP contribution in [0, 0.1) is 10.6 Å². The van der Waals surface area contributed by atoms with Crippen LogP contribution >= 0.6 is 0 Å². The van der Waals surface area contributed by atoms with Crippen molar-refractivity contribution in [3.05, 3.63) is 76.5 Å². The second-order valence-corrected chi connectivity index (χ2v) is 10.8. The lowest BCUT2D eigenvalue weighted by Gasteiger charge is -2.17. The van der Waals surface area contributed by atoms with Crippen LogP contribution in [-0.4, -0.2) is 53.6 Å². The first kappa shape index (κ1) is 26.0. The van der Waals surface area contributed by atoms with Crippen molar-refractivity contribution in [1.82, 2.24) is 24.0 Å². The fourth-order valence-electron chi connectivity index (χ4n) is 3.84. The summed E-state index contributed by atoms with van der Waals surface area (Å²) in [5, 5.41) is 2.86. The van der Waals surface area contributed by atoms with E-state index in [1.54, 1.807) is 38.2 Å². The maximum Gasteiger partial charge on any atom is 0.339 e. The summed E-state index contributed by atoms with van der Waals surface area (Å²) < 4.78 is 37.1. The molecule has 0 aliphatic rings. The van der Waals surface area contributed by atoms with Crippen molar-refractivity contribution < 1.29 is 13.4 Å². The number of rotatable bonds is 8. The Morgan fingerprint density at radius 1 is 1.11 bits per heavy atom. The summed E-state index contributed by atoms with van der Waals surface area (Å²) in [6.45, 7) is 3.89. The Morgan fingerprint density at radius 2 is 1.78 bits per heavy atom. The Hall–Kier alpha value is -4.06. The van der Waals surface area contributed by atoms with Crippen LogP contribution in [0.1, 0.15) is 25.8 Å². The molecule has 2 aromatic carbocycles. The molecule has 0 spiro atoms. The normalized spacial score (nSPS) is 12.9. The molecule has 37 heavy (non-hydrogen) atoms. The first-order valence-corrected chi connectivity index (χ1v) is 13.5. The van der Waals surface area contributed by atoms with E-state index in [1.807, 2.05) is 13.0 Å². The third-order valence-corrected chi connectivity index (χ3v) is 7.40. The smallest absolute Gasteiger partial charge is 0.338 e. The summed E-state index contributed by atoms with van der Waals surface area (Å²) in [6.07, 6.45) is 0.679. The summed E-state index contributed by atoms with van der Waals surface area (Å²) in [7, 11) is -1.79. The average Bonchev–Trinajstić information content (AvgIpc) is 3.17. The molecule has 0 fully saturated rings. The highest BCUT2D eigenvalue weighted by Crippen LogP contribution is 2.26. The molecule has 0 aliphatic carbocycles. The number of amides is 1. The molecule has 0 saturated heterocycles. The lowest BCUT2D eigenvalue weighted by atomic mass is 10.2. The van der Waals surface area contributed by atoms with Crippen LogP contribution in [0.15, 0.2) is 64.5 Å². The minimum absolute atomic E-state index is 0.0278. The highest BCUT2D eigenvalue weighted by Gasteiger charge is 2.28. The molecular weight excluding hydrogens is 497 g/mol. The van der Waals surface area contributed by atoms with Gasteiger partial charge in [-0.05, 0) is 36.2 Å². The Balaban J connectivity index is 2.05. The van der Waals surface area contributed by atoms with Crippen LogP contribution in [0.3, 0.4) is 0 Å². The zero-order valence-electron chi connectivity index (χ0n) is 20.8. The standard InChI is InChI=1S/C25H28FN7O3S/c1-4-15-31(3)24(34)33-20-21(28-19-9-7-6-8-10-19)29-23(37(27,36)5-2)30-22(20)32(25(33)35)16-17-11-13-18(26)14-12-17/h6-14,27H,4-5,15-16H2,1-3H3,(H,28,29,30)/t37-/m0/s1. The average molecular weight is 526 g/mol. The van der Waals surface area contributed by atoms with E-state index in [0.717, 1.165) is 4.57 Å². The number of nitrogens with one attached hydrogen (secondary N) is 2. The minimum atomic E-state index is -3.38. The quantitative estimate of drug-likeness (QED) is 0.331. The van der Waals surface area contributed by atoms with E-state index in [0.29, 0.717) is 24.2 Å². The maximum absolute atomic E-state index is 13.7. The molecule has 1 atom stereocenters. The topological polar surface area (TPSA) is 126 Å². The molecule has 2 aromatic heterocycles. The van der Waals surface area contributed by atoms with E-state index in [2.05, 4.69) is 15.3 Å². The number of hydrogen-bond acceptors (Lipinski definition) is 7. The van der Waals surface area contributed by atoms with Gasteiger partial charge in [-0.15, -0.1) is 0 Å². The van der Waals surface area contributed by atoms with E-state index < -0.39 is 27.3 Å². The van der Waals surface area contributed by atoms with Gasteiger partial charge in [0.25, 0.3) is 0 Å². The third-order valence-electron chi connectivity index (χ3n) is 5.82. The lowest BCUT2D eigenvalue weighted by Crippen LogP contribution is -2.38. The third kappa shape index (κ3) is 5.24. The van der Waals surface area contributed by atoms with Crippen LogP contribution in [0.2, 0.25) is 0 Å². The summed E-state index contributed by atoms with van der Waals surface area (Å²) in [5.74, 6) is -0.386. The van der Waals surface area contributed by atoms with E-state index in [9.17, 15) is 18.2 Å². The largest absolute Gasteiger partial charge is 0.339 e. The summed E-state index contributed by atoms with van der Waals surface area (Å²) in [4.78, 5) is 37.4. The predicted molar refractivity (Wildman–Crippen MR) is 140 cm³/mol. The van der Waals surface area contributed by atoms with Crippen molar-refractivity contribution in [3.63, 3.8) is 0 Å². The molecule has 0 radical (unpaired) electrons. The zero-order chi connectivity index (χ0) is 26.7. The van der Waals surface area contributed by atoms with Gasteiger partial charge in [0.15, 0.2) is 11.5 Å². The molecule has 12 heteroatoms. The fourth-order valence-corrected chi connectivity index (χ4v) is 4.57. The first-order valence-electron chi connectivity index (χ1n) is 11.8. The number of nitrogens with zero attached hydrogens (tertiary/aromatic N) is 5. The monoisotopic (exact) mass is 525 g/mol. The van der Waals surface area contributed by atoms with Gasteiger partial charge < -0.3 is 10.2 Å². The molecule has 0 aliphatic heterocycles. The number of anilines is 2. The van der Waals surface area contributed by atoms with Crippen LogP contribution in [0.4, 0.5) is 20.7 Å². The number of imidazole rings is 1. The van der Waals surface area contributed by atoms with Gasteiger partial charge in [0.1, 0.15) is 21.1 Å². The summed E-state index contributed by atoms with van der Waals surface area (Å²) in [6, 6.07) is 14.0. The van der Waals surface area contributed by atoms with Crippen molar-refractivity contribution in [3.8, 4) is 0 Å². The molecule has 2 N–H and O–H groups in total. The molecule has 0 saturated carbocycles. The number of hydrogen-bond donors (Lipinski definition) is 2. The molecule has 10 nitrogen and oxygen atoms in total. The van der Waals surface area contributed by atoms with Gasteiger partial charge >= 0.3 is 11.7 Å². The maximum atomic E-state index is 13.7. The number of aromatic nitrogens is 4. The van der Waals surface area contributed by atoms with Crippen molar-refractivity contribution in [2.24, 2.45) is 0 Å². The second kappa shape index (κ2) is 10.5. The van der Waals surface area contributed by atoms with Crippen molar-refractivity contribution in [2.45, 2.75) is 32.0 Å². The van der Waals surface area contributed by atoms with E-state index in [4.69, 9.17) is 4.78 Å². The van der Waals surface area contributed by atoms with Crippen LogP contribution in [0.25, 0.3) is 11.2 Å². The number of carbonyl (C=O) groups is 1. The molecule has 1 amide bonds. The van der Waals surface area contributed by atoms with Crippen LogP contribution < -0.4 is 11.0 Å². The SMILES string of the molecule is CCCN(C)C(=O)n1c(=O)n(Cc2ccc(F)cc2)c2nc([S@@](=N)(=O)CC)nc(Nc3ccccc3)c21. The van der Waals surface area contributed by atoms with Crippen LogP contribution in [0.5, 0.6) is 0 Å². The Morgan fingerprint density at radius 3 is 2.41 bits per heavy atom. The van der Waals surface area contributed by atoms with Gasteiger partial charge in [-0.3, -0.25) is 4.57 Å². The Labute approximate surface area is 213 Å². The zero-order valence-corrected chi connectivity index (χ0v) is 21.6. The number of benzene rings is 2. The number of carbonyl (C=O) groups excluding carboxylic acids is 1. The summed E-state index contributed by atoms with van der Waals surface area (Å²) >= 11 is 0. The molecule has 4 rings (SSSR count).